The molecule has 0 radical (unpaired) electrons. The van der Waals surface area contributed by atoms with E-state index < -0.39 is 5.91 Å². The quantitative estimate of drug-likeness (QED) is 0.814. The van der Waals surface area contributed by atoms with E-state index in [1.807, 2.05) is 0 Å². The van der Waals surface area contributed by atoms with Gasteiger partial charge in [0, 0.05) is 57.0 Å². The SMILES string of the molecule is Cc1ccc(N2CCN(C(=O)C(=O)NC3CN(C4CC4)CC3C)CC2)cc1. The highest BCUT2D eigenvalue weighted by molar-refractivity contribution is 6.35. The van der Waals surface area contributed by atoms with Gasteiger partial charge in [-0.2, -0.15) is 0 Å². The van der Waals surface area contributed by atoms with Crippen LogP contribution >= 0.6 is 0 Å². The van der Waals surface area contributed by atoms with Gasteiger partial charge in [0.2, 0.25) is 0 Å². The fourth-order valence-electron chi connectivity index (χ4n) is 4.23. The van der Waals surface area contributed by atoms with Crippen LogP contribution in [-0.4, -0.2) is 73.0 Å². The second kappa shape index (κ2) is 7.50. The van der Waals surface area contributed by atoms with Crippen molar-refractivity contribution >= 4 is 17.5 Å². The van der Waals surface area contributed by atoms with Gasteiger partial charge in [-0.05, 0) is 37.8 Å². The molecular formula is C21H30N4O2. The lowest BCUT2D eigenvalue weighted by molar-refractivity contribution is -0.146. The molecule has 0 bridgehead atoms. The van der Waals surface area contributed by atoms with Crippen LogP contribution in [0.4, 0.5) is 5.69 Å². The molecule has 0 spiro atoms. The number of hydrogen-bond acceptors (Lipinski definition) is 4. The smallest absolute Gasteiger partial charge is 0.312 e. The summed E-state index contributed by atoms with van der Waals surface area (Å²) in [4.78, 5) is 31.5. The molecule has 1 aromatic rings. The maximum atomic E-state index is 12.6. The van der Waals surface area contributed by atoms with Gasteiger partial charge < -0.3 is 15.1 Å². The van der Waals surface area contributed by atoms with Gasteiger partial charge in [-0.1, -0.05) is 24.6 Å². The molecule has 2 saturated heterocycles. The average molecular weight is 370 g/mol. The van der Waals surface area contributed by atoms with Crippen molar-refractivity contribution in [2.45, 2.75) is 38.8 Å². The van der Waals surface area contributed by atoms with Crippen molar-refractivity contribution in [1.82, 2.24) is 15.1 Å². The highest BCUT2D eigenvalue weighted by atomic mass is 16.2. The number of likely N-dealkylation sites (tertiary alicyclic amines) is 1. The predicted octanol–water partition coefficient (Wildman–Crippen LogP) is 1.24. The summed E-state index contributed by atoms with van der Waals surface area (Å²) in [6.07, 6.45) is 2.55. The Kier molecular flexibility index (Phi) is 5.08. The number of nitrogens with one attached hydrogen (secondary N) is 1. The Balaban J connectivity index is 1.27. The third kappa shape index (κ3) is 4.10. The van der Waals surface area contributed by atoms with E-state index in [0.29, 0.717) is 25.0 Å². The van der Waals surface area contributed by atoms with E-state index >= 15 is 0 Å². The number of hydrogen-bond donors (Lipinski definition) is 1. The summed E-state index contributed by atoms with van der Waals surface area (Å²) in [6, 6.07) is 9.25. The number of carbonyl (C=O) groups excluding carboxylic acids is 2. The first kappa shape index (κ1) is 18.3. The van der Waals surface area contributed by atoms with Crippen molar-refractivity contribution in [2.24, 2.45) is 5.92 Å². The second-order valence-electron chi connectivity index (χ2n) is 8.36. The van der Waals surface area contributed by atoms with Crippen molar-refractivity contribution in [3.63, 3.8) is 0 Å². The largest absolute Gasteiger partial charge is 0.368 e. The van der Waals surface area contributed by atoms with E-state index in [4.69, 9.17) is 0 Å². The predicted molar refractivity (Wildman–Crippen MR) is 106 cm³/mol. The number of aryl methyl sites for hydroxylation is 1. The summed E-state index contributed by atoms with van der Waals surface area (Å²) in [7, 11) is 0. The third-order valence-electron chi connectivity index (χ3n) is 6.18. The molecule has 6 nitrogen and oxygen atoms in total. The van der Waals surface area contributed by atoms with Crippen molar-refractivity contribution in [1.29, 1.82) is 0 Å². The number of rotatable bonds is 3. The Labute approximate surface area is 161 Å². The number of piperazine rings is 1. The Hall–Kier alpha value is -2.08. The van der Waals surface area contributed by atoms with E-state index in [1.165, 1.54) is 24.1 Å². The third-order valence-corrected chi connectivity index (χ3v) is 6.18. The molecular weight excluding hydrogens is 340 g/mol. The molecule has 2 atom stereocenters. The molecule has 1 saturated carbocycles. The van der Waals surface area contributed by atoms with Gasteiger partial charge in [0.1, 0.15) is 0 Å². The molecule has 3 fully saturated rings. The maximum absolute atomic E-state index is 12.6. The Morgan fingerprint density at radius 2 is 1.67 bits per heavy atom. The van der Waals surface area contributed by atoms with E-state index in [9.17, 15) is 9.59 Å². The van der Waals surface area contributed by atoms with E-state index in [1.54, 1.807) is 4.90 Å². The fraction of sp³-hybridized carbons (Fsp3) is 0.619. The minimum Gasteiger partial charge on any atom is -0.368 e. The number of carbonyl (C=O) groups is 2. The molecule has 2 aliphatic heterocycles. The van der Waals surface area contributed by atoms with Crippen LogP contribution in [0.1, 0.15) is 25.3 Å². The van der Waals surface area contributed by atoms with Gasteiger partial charge in [0.05, 0.1) is 0 Å². The number of anilines is 1. The van der Waals surface area contributed by atoms with Crippen LogP contribution < -0.4 is 10.2 Å². The molecule has 2 unspecified atom stereocenters. The van der Waals surface area contributed by atoms with Crippen LogP contribution in [0.25, 0.3) is 0 Å². The molecule has 146 valence electrons. The summed E-state index contributed by atoms with van der Waals surface area (Å²) in [6.45, 7) is 8.86. The second-order valence-corrected chi connectivity index (χ2v) is 8.36. The standard InChI is InChI=1S/C21H30N4O2/c1-15-3-5-17(6-4-15)23-9-11-24(12-10-23)21(27)20(26)22-19-14-25(13-16(19)2)18-7-8-18/h3-6,16,18-19H,7-14H2,1-2H3,(H,22,26). The topological polar surface area (TPSA) is 55.9 Å². The molecule has 1 aliphatic carbocycles. The van der Waals surface area contributed by atoms with Gasteiger partial charge in [-0.15, -0.1) is 0 Å². The first-order valence-corrected chi connectivity index (χ1v) is 10.2. The van der Waals surface area contributed by atoms with Gasteiger partial charge in [0.25, 0.3) is 0 Å². The lowest BCUT2D eigenvalue weighted by Crippen LogP contribution is -2.54. The zero-order valence-electron chi connectivity index (χ0n) is 16.4. The number of benzene rings is 1. The molecule has 2 amide bonds. The summed E-state index contributed by atoms with van der Waals surface area (Å²) in [5.41, 5.74) is 2.42. The molecule has 3 aliphatic rings. The van der Waals surface area contributed by atoms with Crippen molar-refractivity contribution in [3.8, 4) is 0 Å². The van der Waals surface area contributed by atoms with Gasteiger partial charge in [0.15, 0.2) is 0 Å². The normalized spacial score (nSPS) is 26.3. The minimum absolute atomic E-state index is 0.0934. The van der Waals surface area contributed by atoms with Crippen LogP contribution in [0, 0.1) is 12.8 Å². The zero-order chi connectivity index (χ0) is 19.0. The molecule has 2 heterocycles. The summed E-state index contributed by atoms with van der Waals surface area (Å²) >= 11 is 0. The lowest BCUT2D eigenvalue weighted by Gasteiger charge is -2.36. The first-order valence-electron chi connectivity index (χ1n) is 10.2. The molecule has 27 heavy (non-hydrogen) atoms. The van der Waals surface area contributed by atoms with Gasteiger partial charge in [-0.3, -0.25) is 14.5 Å². The zero-order valence-corrected chi connectivity index (χ0v) is 16.4. The van der Waals surface area contributed by atoms with Crippen LogP contribution in [0.2, 0.25) is 0 Å². The van der Waals surface area contributed by atoms with Crippen LogP contribution in [0.5, 0.6) is 0 Å². The fourth-order valence-corrected chi connectivity index (χ4v) is 4.23. The maximum Gasteiger partial charge on any atom is 0.312 e. The molecule has 6 heteroatoms. The number of nitrogens with zero attached hydrogens (tertiary/aromatic N) is 3. The van der Waals surface area contributed by atoms with Crippen LogP contribution in [0.15, 0.2) is 24.3 Å². The summed E-state index contributed by atoms with van der Waals surface area (Å²) < 4.78 is 0. The summed E-state index contributed by atoms with van der Waals surface area (Å²) in [5.74, 6) is -0.412. The summed E-state index contributed by atoms with van der Waals surface area (Å²) in [5, 5.41) is 3.00. The average Bonchev–Trinajstić information content (AvgIpc) is 3.46. The Bertz CT molecular complexity index is 693. The molecule has 1 aromatic carbocycles. The molecule has 0 aromatic heterocycles. The molecule has 4 rings (SSSR count). The van der Waals surface area contributed by atoms with Crippen LogP contribution in [-0.2, 0) is 9.59 Å². The number of amides is 2. The van der Waals surface area contributed by atoms with Crippen LogP contribution in [0.3, 0.4) is 0 Å². The van der Waals surface area contributed by atoms with E-state index in [2.05, 4.69) is 53.2 Å². The van der Waals surface area contributed by atoms with Crippen molar-refractivity contribution in [3.05, 3.63) is 29.8 Å². The van der Waals surface area contributed by atoms with E-state index in [-0.39, 0.29) is 11.9 Å². The lowest BCUT2D eigenvalue weighted by atomic mass is 10.1. The first-order chi connectivity index (χ1) is 13.0. The molecule has 1 N–H and O–H groups in total. The van der Waals surface area contributed by atoms with Crippen molar-refractivity contribution in [2.75, 3.05) is 44.2 Å². The van der Waals surface area contributed by atoms with Crippen molar-refractivity contribution < 1.29 is 9.59 Å². The highest BCUT2D eigenvalue weighted by Crippen LogP contribution is 2.31. The Morgan fingerprint density at radius 1 is 1.00 bits per heavy atom. The van der Waals surface area contributed by atoms with E-state index in [0.717, 1.165) is 26.2 Å². The van der Waals surface area contributed by atoms with Gasteiger partial charge in [-0.25, -0.2) is 0 Å². The highest BCUT2D eigenvalue weighted by Gasteiger charge is 2.39. The minimum atomic E-state index is -0.437. The monoisotopic (exact) mass is 370 g/mol. The Morgan fingerprint density at radius 3 is 2.30 bits per heavy atom. The van der Waals surface area contributed by atoms with Gasteiger partial charge >= 0.3 is 11.8 Å².